The van der Waals surface area contributed by atoms with Gasteiger partial charge in [0.25, 0.3) is 0 Å². The molecule has 1 aromatic heterocycles. The quantitative estimate of drug-likeness (QED) is 0.703. The summed E-state index contributed by atoms with van der Waals surface area (Å²) < 4.78 is 18.3. The van der Waals surface area contributed by atoms with Crippen molar-refractivity contribution in [2.75, 3.05) is 21.3 Å². The van der Waals surface area contributed by atoms with Crippen LogP contribution < -0.4 is 14.2 Å². The second-order valence-corrected chi connectivity index (χ2v) is 5.40. The minimum Gasteiger partial charge on any atom is -0.493 e. The predicted molar refractivity (Wildman–Crippen MR) is 95.0 cm³/mol. The Morgan fingerprint density at radius 1 is 1.00 bits per heavy atom. The number of hydrogen-bond donors (Lipinski definition) is 1. The Hall–Kier alpha value is -2.95. The average molecular weight is 324 g/mol. The van der Waals surface area contributed by atoms with Crippen molar-refractivity contribution in [3.05, 3.63) is 53.7 Å². The number of hydrogen-bond acceptors (Lipinski definition) is 4. The van der Waals surface area contributed by atoms with E-state index < -0.39 is 0 Å². The van der Waals surface area contributed by atoms with Gasteiger partial charge in [-0.3, -0.25) is 0 Å². The maximum Gasteiger partial charge on any atom is 0.203 e. The highest BCUT2D eigenvalue weighted by Crippen LogP contribution is 2.38. The first-order valence-corrected chi connectivity index (χ1v) is 7.59. The molecule has 1 N–H and O–H groups in total. The van der Waals surface area contributed by atoms with Crippen LogP contribution in [0.2, 0.25) is 0 Å². The van der Waals surface area contributed by atoms with Gasteiger partial charge in [0.05, 0.1) is 21.3 Å². The summed E-state index contributed by atoms with van der Waals surface area (Å²) in [6, 6.07) is 11.9. The van der Waals surface area contributed by atoms with Crippen molar-refractivity contribution >= 4 is 17.1 Å². The third kappa shape index (κ3) is 2.69. The van der Waals surface area contributed by atoms with Crippen LogP contribution in [0.1, 0.15) is 11.1 Å². The van der Waals surface area contributed by atoms with Crippen molar-refractivity contribution in [3.8, 4) is 17.2 Å². The monoisotopic (exact) mass is 324 g/mol. The van der Waals surface area contributed by atoms with Crippen molar-refractivity contribution in [2.45, 2.75) is 6.54 Å². The van der Waals surface area contributed by atoms with Gasteiger partial charge in [0.2, 0.25) is 5.75 Å². The van der Waals surface area contributed by atoms with E-state index in [1.807, 2.05) is 36.5 Å². The van der Waals surface area contributed by atoms with Gasteiger partial charge in [-0.25, -0.2) is 0 Å². The van der Waals surface area contributed by atoms with Crippen LogP contribution in [-0.2, 0) is 6.54 Å². The zero-order valence-corrected chi connectivity index (χ0v) is 14.0. The molecule has 0 bridgehead atoms. The summed E-state index contributed by atoms with van der Waals surface area (Å²) in [7, 11) is 4.82. The Labute approximate surface area is 140 Å². The molecule has 124 valence electrons. The first-order chi connectivity index (χ1) is 11.7. The molecule has 5 nitrogen and oxygen atoms in total. The van der Waals surface area contributed by atoms with Crippen LogP contribution in [0.25, 0.3) is 10.9 Å². The first-order valence-electron chi connectivity index (χ1n) is 7.59. The van der Waals surface area contributed by atoms with E-state index in [0.29, 0.717) is 23.8 Å². The lowest BCUT2D eigenvalue weighted by atomic mass is 10.1. The molecule has 0 aliphatic carbocycles. The zero-order valence-electron chi connectivity index (χ0n) is 14.0. The van der Waals surface area contributed by atoms with Gasteiger partial charge in [0.15, 0.2) is 11.5 Å². The number of methoxy groups -OCH3 is 3. The topological polar surface area (TPSA) is 56.5 Å². The molecular formula is C19H20N2O3. The number of ether oxygens (including phenoxy) is 3. The number of nitrogens with zero attached hydrogens (tertiary/aromatic N) is 1. The highest BCUT2D eigenvalue weighted by molar-refractivity contribution is 5.97. The summed E-state index contributed by atoms with van der Waals surface area (Å²) in [5, 5.41) is 8.60. The van der Waals surface area contributed by atoms with Crippen molar-refractivity contribution < 1.29 is 14.2 Å². The summed E-state index contributed by atoms with van der Waals surface area (Å²) in [5.41, 5.74) is 3.04. The molecule has 0 radical (unpaired) electrons. The normalized spacial score (nSPS) is 10.6. The molecule has 0 atom stereocenters. The van der Waals surface area contributed by atoms with Crippen LogP contribution in [-0.4, -0.2) is 32.1 Å². The molecule has 0 fully saturated rings. The second kappa shape index (κ2) is 6.66. The van der Waals surface area contributed by atoms with Crippen molar-refractivity contribution in [1.82, 2.24) is 4.57 Å². The Kier molecular flexibility index (Phi) is 4.42. The van der Waals surface area contributed by atoms with Crippen LogP contribution in [0, 0.1) is 5.41 Å². The molecule has 1 heterocycles. The molecule has 0 aliphatic rings. The van der Waals surface area contributed by atoms with Crippen molar-refractivity contribution in [3.63, 3.8) is 0 Å². The second-order valence-electron chi connectivity index (χ2n) is 5.40. The van der Waals surface area contributed by atoms with E-state index in [9.17, 15) is 0 Å². The molecule has 2 aromatic carbocycles. The maximum absolute atomic E-state index is 7.53. The third-order valence-corrected chi connectivity index (χ3v) is 4.08. The largest absolute Gasteiger partial charge is 0.493 e. The zero-order chi connectivity index (χ0) is 17.1. The van der Waals surface area contributed by atoms with Gasteiger partial charge in [-0.2, -0.15) is 0 Å². The lowest BCUT2D eigenvalue weighted by molar-refractivity contribution is 0.323. The average Bonchev–Trinajstić information content (AvgIpc) is 3.03. The molecule has 0 aliphatic heterocycles. The van der Waals surface area contributed by atoms with E-state index >= 15 is 0 Å². The summed E-state index contributed by atoms with van der Waals surface area (Å²) in [4.78, 5) is 0. The number of rotatable bonds is 6. The third-order valence-electron chi connectivity index (χ3n) is 4.08. The highest BCUT2D eigenvalue weighted by atomic mass is 16.5. The summed E-state index contributed by atoms with van der Waals surface area (Å²) in [6.07, 6.45) is 3.41. The van der Waals surface area contributed by atoms with E-state index in [4.69, 9.17) is 19.6 Å². The van der Waals surface area contributed by atoms with Gasteiger partial charge in [-0.15, -0.1) is 0 Å². The van der Waals surface area contributed by atoms with Crippen LogP contribution in [0.5, 0.6) is 17.2 Å². The summed E-state index contributed by atoms with van der Waals surface area (Å²) in [6.45, 7) is 0.668. The Morgan fingerprint density at radius 2 is 1.71 bits per heavy atom. The van der Waals surface area contributed by atoms with Crippen LogP contribution in [0.4, 0.5) is 0 Å². The molecule has 3 aromatic rings. The minimum atomic E-state index is 0.590. The molecule has 0 saturated heterocycles. The lowest BCUT2D eigenvalue weighted by Gasteiger charge is -2.15. The van der Waals surface area contributed by atoms with Gasteiger partial charge in [-0.1, -0.05) is 12.1 Å². The molecule has 0 amide bonds. The van der Waals surface area contributed by atoms with Gasteiger partial charge < -0.3 is 24.2 Å². The van der Waals surface area contributed by atoms with E-state index in [-0.39, 0.29) is 0 Å². The Balaban J connectivity index is 2.04. The summed E-state index contributed by atoms with van der Waals surface area (Å²) >= 11 is 0. The molecule has 3 rings (SSSR count). The van der Waals surface area contributed by atoms with Gasteiger partial charge in [0, 0.05) is 35.4 Å². The van der Waals surface area contributed by atoms with E-state index in [1.54, 1.807) is 21.3 Å². The fourth-order valence-corrected chi connectivity index (χ4v) is 2.93. The molecule has 0 saturated carbocycles. The Bertz CT molecular complexity index is 858. The van der Waals surface area contributed by atoms with Gasteiger partial charge in [0.1, 0.15) is 0 Å². The van der Waals surface area contributed by atoms with Crippen LogP contribution >= 0.6 is 0 Å². The maximum atomic E-state index is 7.53. The van der Waals surface area contributed by atoms with Gasteiger partial charge >= 0.3 is 0 Å². The minimum absolute atomic E-state index is 0.590. The first kappa shape index (κ1) is 15.9. The molecule has 0 unspecified atom stereocenters. The molecule has 24 heavy (non-hydrogen) atoms. The standard InChI is InChI=1S/C19H20N2O3/c1-22-17-9-13(10-18(23-2)19(17)24-3)12-21-8-7-15-14(11-20)5-4-6-16(15)21/h4-11,20H,12H2,1-3H3. The summed E-state index contributed by atoms with van der Waals surface area (Å²) in [5.74, 6) is 1.87. The van der Waals surface area contributed by atoms with E-state index in [2.05, 4.69) is 10.6 Å². The fraction of sp³-hybridized carbons (Fsp3) is 0.211. The van der Waals surface area contributed by atoms with Crippen molar-refractivity contribution in [1.29, 1.82) is 5.41 Å². The fourth-order valence-electron chi connectivity index (χ4n) is 2.93. The highest BCUT2D eigenvalue weighted by Gasteiger charge is 2.14. The molecule has 5 heteroatoms. The van der Waals surface area contributed by atoms with E-state index in [0.717, 1.165) is 22.0 Å². The lowest BCUT2D eigenvalue weighted by Crippen LogP contribution is -2.01. The van der Waals surface area contributed by atoms with Crippen LogP contribution in [0.3, 0.4) is 0 Å². The Morgan fingerprint density at radius 3 is 2.29 bits per heavy atom. The SMILES string of the molecule is COc1cc(Cn2ccc3c(C=N)cccc32)cc(OC)c1OC. The van der Waals surface area contributed by atoms with E-state index in [1.165, 1.54) is 6.21 Å². The number of nitrogens with one attached hydrogen (secondary N) is 1. The van der Waals surface area contributed by atoms with Crippen LogP contribution in [0.15, 0.2) is 42.6 Å². The van der Waals surface area contributed by atoms with Crippen molar-refractivity contribution in [2.24, 2.45) is 0 Å². The molecular weight excluding hydrogens is 304 g/mol. The predicted octanol–water partition coefficient (Wildman–Crippen LogP) is 3.71. The molecule has 0 spiro atoms. The number of aromatic nitrogens is 1. The number of benzene rings is 2. The smallest absolute Gasteiger partial charge is 0.203 e. The number of fused-ring (bicyclic) bond motifs is 1. The van der Waals surface area contributed by atoms with Gasteiger partial charge in [-0.05, 0) is 29.8 Å².